The lowest BCUT2D eigenvalue weighted by Gasteiger charge is -2.25. The molecule has 204 valence electrons. The van der Waals surface area contributed by atoms with E-state index < -0.39 is 16.9 Å². The maximum atomic E-state index is 13.7. The second kappa shape index (κ2) is 12.1. The quantitative estimate of drug-likeness (QED) is 0.162. The van der Waals surface area contributed by atoms with Crippen molar-refractivity contribution in [1.82, 2.24) is 4.57 Å². The Morgan fingerprint density at radius 2 is 1.90 bits per heavy atom. The number of nitro benzene ring substituents is 1. The smallest absolute Gasteiger partial charge is 0.338 e. The van der Waals surface area contributed by atoms with Crippen molar-refractivity contribution in [2.45, 2.75) is 39.2 Å². The Labute approximate surface area is 228 Å². The zero-order chi connectivity index (χ0) is 28.1. The van der Waals surface area contributed by atoms with Gasteiger partial charge in [-0.2, -0.15) is 0 Å². The first kappa shape index (κ1) is 27.8. The highest BCUT2D eigenvalue weighted by molar-refractivity contribution is 7.07. The number of nitro groups is 1. The summed E-state index contributed by atoms with van der Waals surface area (Å²) in [6.07, 6.45) is 4.70. The van der Waals surface area contributed by atoms with Crippen molar-refractivity contribution in [3.05, 3.63) is 94.7 Å². The number of fused-ring (bicyclic) bond motifs is 1. The Hall–Kier alpha value is -4.25. The molecule has 0 spiro atoms. The standard InChI is InChI=1S/C28H29N3O7S/c1-5-6-7-14-38-21-13-10-19(16-22(21)36-3)25-24(27(33)37-4)17(2)29-28-30(25)26(32)23(39-28)15-18-8-11-20(12-9-18)31(34)35/h8-13,15-16,25H,5-7,14H2,1-4H3. The first-order chi connectivity index (χ1) is 18.8. The number of methoxy groups -OCH3 is 2. The van der Waals surface area contributed by atoms with Gasteiger partial charge in [-0.1, -0.05) is 37.2 Å². The van der Waals surface area contributed by atoms with Gasteiger partial charge in [0.05, 0.1) is 47.6 Å². The lowest BCUT2D eigenvalue weighted by atomic mass is 9.95. The van der Waals surface area contributed by atoms with Crippen LogP contribution in [0.25, 0.3) is 6.08 Å². The molecule has 0 bridgehead atoms. The first-order valence-corrected chi connectivity index (χ1v) is 13.3. The number of aromatic nitrogens is 1. The predicted octanol–water partition coefficient (Wildman–Crippen LogP) is 3.89. The summed E-state index contributed by atoms with van der Waals surface area (Å²) in [6.45, 7) is 4.37. The van der Waals surface area contributed by atoms with E-state index in [1.807, 2.05) is 0 Å². The average molecular weight is 552 g/mol. The van der Waals surface area contributed by atoms with Gasteiger partial charge in [0.1, 0.15) is 0 Å². The number of hydrogen-bond donors (Lipinski definition) is 0. The van der Waals surface area contributed by atoms with Crippen LogP contribution in [0.2, 0.25) is 0 Å². The Morgan fingerprint density at radius 1 is 1.15 bits per heavy atom. The molecular weight excluding hydrogens is 522 g/mol. The summed E-state index contributed by atoms with van der Waals surface area (Å²) in [6, 6.07) is 10.4. The van der Waals surface area contributed by atoms with E-state index in [4.69, 9.17) is 14.2 Å². The summed E-state index contributed by atoms with van der Waals surface area (Å²) < 4.78 is 18.4. The minimum Gasteiger partial charge on any atom is -0.493 e. The number of carbonyl (C=O) groups excluding carboxylic acids is 1. The number of benzene rings is 2. The summed E-state index contributed by atoms with van der Waals surface area (Å²) in [5.74, 6) is 0.462. The van der Waals surface area contributed by atoms with Gasteiger partial charge in [-0.05, 0) is 54.8 Å². The van der Waals surface area contributed by atoms with Crippen LogP contribution in [-0.2, 0) is 9.53 Å². The molecule has 4 rings (SSSR count). The fourth-order valence-corrected chi connectivity index (χ4v) is 5.41. The third kappa shape index (κ3) is 5.78. The van der Waals surface area contributed by atoms with Crippen molar-refractivity contribution in [3.8, 4) is 11.5 Å². The van der Waals surface area contributed by atoms with Gasteiger partial charge in [0.25, 0.3) is 11.2 Å². The Bertz CT molecular complexity index is 1600. The number of hydrogen-bond acceptors (Lipinski definition) is 9. The van der Waals surface area contributed by atoms with Gasteiger partial charge in [-0.15, -0.1) is 0 Å². The van der Waals surface area contributed by atoms with Crippen molar-refractivity contribution in [2.75, 3.05) is 20.8 Å². The predicted molar refractivity (Wildman–Crippen MR) is 147 cm³/mol. The first-order valence-electron chi connectivity index (χ1n) is 12.4. The topological polar surface area (TPSA) is 122 Å². The van der Waals surface area contributed by atoms with Crippen LogP contribution < -0.4 is 24.4 Å². The normalized spacial score (nSPS) is 15.0. The number of unbranched alkanes of at least 4 members (excludes halogenated alkanes) is 2. The highest BCUT2D eigenvalue weighted by Crippen LogP contribution is 2.36. The Kier molecular flexibility index (Phi) is 8.60. The third-order valence-electron chi connectivity index (χ3n) is 6.34. The maximum Gasteiger partial charge on any atom is 0.338 e. The Morgan fingerprint density at radius 3 is 2.54 bits per heavy atom. The molecule has 0 N–H and O–H groups in total. The monoisotopic (exact) mass is 551 g/mol. The van der Waals surface area contributed by atoms with Gasteiger partial charge in [-0.25, -0.2) is 9.79 Å². The van der Waals surface area contributed by atoms with E-state index in [9.17, 15) is 19.7 Å². The van der Waals surface area contributed by atoms with Gasteiger partial charge in [0.2, 0.25) is 0 Å². The van der Waals surface area contributed by atoms with Gasteiger partial charge in [-0.3, -0.25) is 19.5 Å². The van der Waals surface area contributed by atoms with Gasteiger partial charge in [0, 0.05) is 12.1 Å². The molecule has 0 radical (unpaired) electrons. The summed E-state index contributed by atoms with van der Waals surface area (Å²) in [4.78, 5) is 42.1. The Balaban J connectivity index is 1.83. The number of thiazole rings is 1. The SMILES string of the molecule is CCCCCOc1ccc(C2C(C(=O)OC)=C(C)N=c3sc(=Cc4ccc([N+](=O)[O-])cc4)c(=O)n32)cc1OC. The molecule has 2 heterocycles. The molecule has 1 unspecified atom stereocenters. The molecule has 0 saturated carbocycles. The fraction of sp³-hybridized carbons (Fsp3) is 0.321. The number of allylic oxidation sites excluding steroid dienone is 1. The second-order valence-electron chi connectivity index (χ2n) is 8.89. The van der Waals surface area contributed by atoms with Crippen LogP contribution in [0.15, 0.2) is 63.5 Å². The van der Waals surface area contributed by atoms with Crippen molar-refractivity contribution in [2.24, 2.45) is 4.99 Å². The molecule has 3 aromatic rings. The molecule has 39 heavy (non-hydrogen) atoms. The van der Waals surface area contributed by atoms with Gasteiger partial charge < -0.3 is 14.2 Å². The largest absolute Gasteiger partial charge is 0.493 e. The lowest BCUT2D eigenvalue weighted by molar-refractivity contribution is -0.384. The maximum absolute atomic E-state index is 13.7. The molecule has 11 heteroatoms. The van der Waals surface area contributed by atoms with Crippen LogP contribution in [0, 0.1) is 10.1 Å². The fourth-order valence-electron chi connectivity index (χ4n) is 4.36. The van der Waals surface area contributed by atoms with E-state index in [0.29, 0.717) is 44.3 Å². The van der Waals surface area contributed by atoms with E-state index in [0.717, 1.165) is 19.3 Å². The highest BCUT2D eigenvalue weighted by atomic mass is 32.1. The van der Waals surface area contributed by atoms with E-state index in [-0.39, 0.29) is 16.8 Å². The molecule has 1 aromatic heterocycles. The van der Waals surface area contributed by atoms with Crippen molar-refractivity contribution < 1.29 is 23.9 Å². The van der Waals surface area contributed by atoms with E-state index in [1.165, 1.54) is 42.3 Å². The van der Waals surface area contributed by atoms with Crippen LogP contribution in [0.4, 0.5) is 5.69 Å². The third-order valence-corrected chi connectivity index (χ3v) is 7.32. The summed E-state index contributed by atoms with van der Waals surface area (Å²) in [5.41, 5.74) is 1.54. The van der Waals surface area contributed by atoms with Crippen molar-refractivity contribution >= 4 is 29.1 Å². The van der Waals surface area contributed by atoms with Crippen LogP contribution >= 0.6 is 11.3 Å². The molecule has 2 aromatic carbocycles. The molecule has 0 fully saturated rings. The number of non-ortho nitro benzene ring substituents is 1. The molecule has 0 aliphatic carbocycles. The van der Waals surface area contributed by atoms with E-state index in [2.05, 4.69) is 11.9 Å². The van der Waals surface area contributed by atoms with Crippen molar-refractivity contribution in [1.29, 1.82) is 0 Å². The molecule has 0 amide bonds. The summed E-state index contributed by atoms with van der Waals surface area (Å²) >= 11 is 1.17. The summed E-state index contributed by atoms with van der Waals surface area (Å²) in [7, 11) is 2.82. The molecular formula is C28H29N3O7S. The van der Waals surface area contributed by atoms with Gasteiger partial charge in [0.15, 0.2) is 16.3 Å². The second-order valence-corrected chi connectivity index (χ2v) is 9.90. The zero-order valence-corrected chi connectivity index (χ0v) is 22.9. The lowest BCUT2D eigenvalue weighted by Crippen LogP contribution is -2.39. The molecule has 1 atom stereocenters. The molecule has 1 aliphatic rings. The average Bonchev–Trinajstić information content (AvgIpc) is 3.24. The number of carbonyl (C=O) groups is 1. The minimum absolute atomic E-state index is 0.0429. The van der Waals surface area contributed by atoms with E-state index >= 15 is 0 Å². The van der Waals surface area contributed by atoms with Crippen LogP contribution in [0.5, 0.6) is 11.5 Å². The number of rotatable bonds is 10. The van der Waals surface area contributed by atoms with Crippen molar-refractivity contribution in [3.63, 3.8) is 0 Å². The van der Waals surface area contributed by atoms with Crippen LogP contribution in [0.3, 0.4) is 0 Å². The number of nitrogens with zero attached hydrogens (tertiary/aromatic N) is 3. The van der Waals surface area contributed by atoms with Crippen LogP contribution in [-0.4, -0.2) is 36.3 Å². The number of esters is 1. The van der Waals surface area contributed by atoms with E-state index in [1.54, 1.807) is 43.3 Å². The van der Waals surface area contributed by atoms with Crippen LogP contribution in [0.1, 0.15) is 50.3 Å². The summed E-state index contributed by atoms with van der Waals surface area (Å²) in [5, 5.41) is 11.0. The molecule has 0 saturated heterocycles. The molecule has 10 nitrogen and oxygen atoms in total. The zero-order valence-electron chi connectivity index (χ0n) is 22.1. The highest BCUT2D eigenvalue weighted by Gasteiger charge is 2.33. The number of ether oxygens (including phenoxy) is 3. The van der Waals surface area contributed by atoms with Gasteiger partial charge >= 0.3 is 5.97 Å². The minimum atomic E-state index is -0.809. The molecule has 1 aliphatic heterocycles.